The lowest BCUT2D eigenvalue weighted by molar-refractivity contribution is -0.256. The van der Waals surface area contributed by atoms with Gasteiger partial charge in [-0.2, -0.15) is 0 Å². The van der Waals surface area contributed by atoms with Crippen LogP contribution in [0, 0.1) is 0 Å². The highest BCUT2D eigenvalue weighted by molar-refractivity contribution is 7.95. The van der Waals surface area contributed by atoms with Crippen LogP contribution in [0.5, 0.6) is 11.5 Å². The molecule has 0 saturated heterocycles. The minimum Gasteiger partial charge on any atom is -0.420 e. The van der Waals surface area contributed by atoms with E-state index in [2.05, 4.69) is 0 Å². The Morgan fingerprint density at radius 1 is 0.618 bits per heavy atom. The fourth-order valence-corrected chi connectivity index (χ4v) is 5.34. The Kier molecular flexibility index (Phi) is 5.82. The molecule has 0 radical (unpaired) electrons. The Bertz CT molecular complexity index is 1340. The van der Waals surface area contributed by atoms with E-state index in [1.807, 2.05) is 54.6 Å². The maximum Gasteiger partial charge on any atom is 0.422 e. The summed E-state index contributed by atoms with van der Waals surface area (Å²) in [6.45, 7) is 0. The highest BCUT2D eigenvalue weighted by atomic mass is 32.2. The molecular weight excluding hydrogens is 448 g/mol. The van der Waals surface area contributed by atoms with Crippen molar-refractivity contribution in [2.75, 3.05) is 0 Å². The van der Waals surface area contributed by atoms with E-state index >= 15 is 0 Å². The van der Waals surface area contributed by atoms with Crippen molar-refractivity contribution in [2.24, 2.45) is 0 Å². The summed E-state index contributed by atoms with van der Waals surface area (Å²) in [6, 6.07) is 35.5. The number of hydrogen-bond donors (Lipinski definition) is 0. The van der Waals surface area contributed by atoms with Gasteiger partial charge in [-0.3, -0.25) is 0 Å². The zero-order valence-corrected chi connectivity index (χ0v) is 19.0. The standard InChI is InChI=1S/C28H22O5S/c29-34(30,25-19-11-4-12-20-25)26-21-28(31-23-15-7-2-8-16-23,32-24-17-9-3-10-18-24)33-27(26)22-13-5-1-6-14-22/h1-20H,21H2. The maximum atomic E-state index is 13.8. The minimum atomic E-state index is -3.90. The highest BCUT2D eigenvalue weighted by Crippen LogP contribution is 2.45. The maximum absolute atomic E-state index is 13.8. The first kappa shape index (κ1) is 21.8. The summed E-state index contributed by atoms with van der Waals surface area (Å²) in [5.41, 5.74) is 0.618. The van der Waals surface area contributed by atoms with E-state index in [1.54, 1.807) is 66.7 Å². The van der Waals surface area contributed by atoms with Crippen LogP contribution in [0.2, 0.25) is 0 Å². The van der Waals surface area contributed by atoms with Gasteiger partial charge in [0.05, 0.1) is 4.90 Å². The van der Waals surface area contributed by atoms with Crippen LogP contribution in [0.15, 0.2) is 131 Å². The summed E-state index contributed by atoms with van der Waals surface area (Å²) in [5.74, 6) is -0.532. The van der Waals surface area contributed by atoms with Crippen molar-refractivity contribution < 1.29 is 22.6 Å². The van der Waals surface area contributed by atoms with Gasteiger partial charge in [-0.15, -0.1) is 0 Å². The lowest BCUT2D eigenvalue weighted by Gasteiger charge is -2.30. The van der Waals surface area contributed by atoms with Gasteiger partial charge in [-0.1, -0.05) is 84.9 Å². The Balaban J connectivity index is 1.63. The van der Waals surface area contributed by atoms with Crippen molar-refractivity contribution >= 4 is 15.6 Å². The van der Waals surface area contributed by atoms with Gasteiger partial charge in [0.15, 0.2) is 5.76 Å². The smallest absolute Gasteiger partial charge is 0.420 e. The number of rotatable bonds is 7. The molecule has 1 aliphatic heterocycles. The lowest BCUT2D eigenvalue weighted by Crippen LogP contribution is -2.42. The van der Waals surface area contributed by atoms with E-state index in [1.165, 1.54) is 0 Å². The SMILES string of the molecule is O=S(=O)(C1=C(c2ccccc2)OC(Oc2ccccc2)(Oc2ccccc2)C1)c1ccccc1. The third-order valence-electron chi connectivity index (χ3n) is 5.33. The third-order valence-corrected chi connectivity index (χ3v) is 7.21. The highest BCUT2D eigenvalue weighted by Gasteiger charge is 2.51. The average Bonchev–Trinajstić information content (AvgIpc) is 3.26. The van der Waals surface area contributed by atoms with Gasteiger partial charge in [0, 0.05) is 5.56 Å². The molecule has 0 aliphatic carbocycles. The number of hydrogen-bond acceptors (Lipinski definition) is 5. The fourth-order valence-electron chi connectivity index (χ4n) is 3.76. The molecule has 1 aliphatic rings. The molecule has 0 aromatic heterocycles. The van der Waals surface area contributed by atoms with Crippen LogP contribution in [-0.4, -0.2) is 14.4 Å². The summed E-state index contributed by atoms with van der Waals surface area (Å²) < 4.78 is 46.3. The van der Waals surface area contributed by atoms with Gasteiger partial charge in [0.25, 0.3) is 0 Å². The third kappa shape index (κ3) is 4.40. The summed E-state index contributed by atoms with van der Waals surface area (Å²) in [5, 5.41) is 0. The fraction of sp³-hybridized carbons (Fsp3) is 0.0714. The Morgan fingerprint density at radius 2 is 1.06 bits per heavy atom. The number of ether oxygens (including phenoxy) is 3. The molecule has 0 bridgehead atoms. The number of sulfone groups is 1. The minimum absolute atomic E-state index is 0.0942. The molecule has 5 rings (SSSR count). The monoisotopic (exact) mass is 470 g/mol. The second kappa shape index (κ2) is 9.08. The molecule has 0 saturated carbocycles. The van der Waals surface area contributed by atoms with Gasteiger partial charge in [0.1, 0.15) is 22.8 Å². The second-order valence-electron chi connectivity index (χ2n) is 7.73. The molecule has 4 aromatic rings. The molecule has 0 unspecified atom stereocenters. The first-order chi connectivity index (χ1) is 16.6. The van der Waals surface area contributed by atoms with Crippen LogP contribution in [-0.2, 0) is 14.6 Å². The normalized spacial score (nSPS) is 14.9. The molecule has 4 aromatic carbocycles. The zero-order valence-electron chi connectivity index (χ0n) is 18.2. The predicted octanol–water partition coefficient (Wildman–Crippen LogP) is 6.06. The lowest BCUT2D eigenvalue weighted by atomic mass is 10.2. The van der Waals surface area contributed by atoms with E-state index in [0.717, 1.165) is 0 Å². The van der Waals surface area contributed by atoms with Crippen molar-refractivity contribution in [3.8, 4) is 11.5 Å². The van der Waals surface area contributed by atoms with Crippen LogP contribution in [0.25, 0.3) is 5.76 Å². The summed E-state index contributed by atoms with van der Waals surface area (Å²) in [4.78, 5) is 0.272. The zero-order chi connectivity index (χ0) is 23.4. The quantitative estimate of drug-likeness (QED) is 0.307. The molecule has 0 spiro atoms. The van der Waals surface area contributed by atoms with E-state index in [0.29, 0.717) is 17.1 Å². The molecule has 0 fully saturated rings. The summed E-state index contributed by atoms with van der Waals surface area (Å²) in [6.07, 6.45) is -0.141. The van der Waals surface area contributed by atoms with Crippen LogP contribution in [0.1, 0.15) is 12.0 Å². The molecule has 5 nitrogen and oxygen atoms in total. The average molecular weight is 471 g/mol. The van der Waals surface area contributed by atoms with E-state index < -0.39 is 15.8 Å². The molecule has 0 N–H and O–H groups in total. The van der Waals surface area contributed by atoms with Crippen LogP contribution >= 0.6 is 0 Å². The summed E-state index contributed by atoms with van der Waals surface area (Å²) >= 11 is 0. The van der Waals surface area contributed by atoms with Gasteiger partial charge in [-0.05, 0) is 36.4 Å². The largest absolute Gasteiger partial charge is 0.422 e. The predicted molar refractivity (Wildman–Crippen MR) is 130 cm³/mol. The van der Waals surface area contributed by atoms with Crippen LogP contribution in [0.3, 0.4) is 0 Å². The Labute approximate surface area is 198 Å². The molecular formula is C28H22O5S. The first-order valence-corrected chi connectivity index (χ1v) is 12.3. The van der Waals surface area contributed by atoms with Crippen LogP contribution < -0.4 is 9.47 Å². The number of benzene rings is 4. The van der Waals surface area contributed by atoms with Gasteiger partial charge in [-0.25, -0.2) is 8.42 Å². The van der Waals surface area contributed by atoms with Crippen molar-refractivity contribution in [1.29, 1.82) is 0 Å². The van der Waals surface area contributed by atoms with Crippen LogP contribution in [0.4, 0.5) is 0 Å². The van der Waals surface area contributed by atoms with Crippen molar-refractivity contribution in [2.45, 2.75) is 17.3 Å². The van der Waals surface area contributed by atoms with E-state index in [9.17, 15) is 8.42 Å². The van der Waals surface area contributed by atoms with Crippen molar-refractivity contribution in [1.82, 2.24) is 0 Å². The molecule has 6 heteroatoms. The molecule has 0 amide bonds. The molecule has 0 atom stereocenters. The van der Waals surface area contributed by atoms with E-state index in [-0.39, 0.29) is 22.0 Å². The van der Waals surface area contributed by atoms with Crippen molar-refractivity contribution in [3.63, 3.8) is 0 Å². The Hall–Kier alpha value is -4.03. The first-order valence-electron chi connectivity index (χ1n) is 10.8. The van der Waals surface area contributed by atoms with Gasteiger partial charge >= 0.3 is 5.97 Å². The number of para-hydroxylation sites is 2. The molecule has 1 heterocycles. The summed E-state index contributed by atoms with van der Waals surface area (Å²) in [7, 11) is -3.90. The second-order valence-corrected chi connectivity index (χ2v) is 9.70. The molecule has 34 heavy (non-hydrogen) atoms. The van der Waals surface area contributed by atoms with Gasteiger partial charge < -0.3 is 14.2 Å². The van der Waals surface area contributed by atoms with Gasteiger partial charge in [0.2, 0.25) is 9.84 Å². The van der Waals surface area contributed by atoms with E-state index in [4.69, 9.17) is 14.2 Å². The topological polar surface area (TPSA) is 61.8 Å². The van der Waals surface area contributed by atoms with Crippen molar-refractivity contribution in [3.05, 3.63) is 132 Å². The Morgan fingerprint density at radius 3 is 1.56 bits per heavy atom. The molecule has 170 valence electrons.